The predicted molar refractivity (Wildman–Crippen MR) is 60.9 cm³/mol. The van der Waals surface area contributed by atoms with Gasteiger partial charge in [0.2, 0.25) is 5.89 Å². The van der Waals surface area contributed by atoms with E-state index in [1.54, 1.807) is 6.92 Å². The fourth-order valence-corrected chi connectivity index (χ4v) is 1.54. The first-order valence-electron chi connectivity index (χ1n) is 5.80. The van der Waals surface area contributed by atoms with Crippen LogP contribution in [0.1, 0.15) is 38.4 Å². The number of likely N-dealkylation sites (N-methyl/N-ethyl adjacent to an activating group) is 1. The molecule has 1 aromatic heterocycles. The maximum absolute atomic E-state index is 9.21. The number of rotatable bonds is 7. The molecule has 1 unspecified atom stereocenters. The van der Waals surface area contributed by atoms with E-state index >= 15 is 0 Å². The van der Waals surface area contributed by atoms with Crippen LogP contribution < -0.4 is 0 Å². The Morgan fingerprint density at radius 1 is 1.50 bits per heavy atom. The zero-order valence-electron chi connectivity index (χ0n) is 10.3. The van der Waals surface area contributed by atoms with Gasteiger partial charge in [-0.25, -0.2) is 0 Å². The van der Waals surface area contributed by atoms with Crippen LogP contribution in [-0.2, 0) is 13.0 Å². The van der Waals surface area contributed by atoms with Crippen molar-refractivity contribution >= 4 is 0 Å². The van der Waals surface area contributed by atoms with Crippen LogP contribution in [0.4, 0.5) is 0 Å². The summed E-state index contributed by atoms with van der Waals surface area (Å²) >= 11 is 0. The molecular formula is C11H21N3O2. The summed E-state index contributed by atoms with van der Waals surface area (Å²) in [6, 6.07) is 0. The van der Waals surface area contributed by atoms with Gasteiger partial charge >= 0.3 is 0 Å². The molecule has 1 heterocycles. The minimum atomic E-state index is -0.340. The van der Waals surface area contributed by atoms with E-state index in [0.29, 0.717) is 19.0 Å². The van der Waals surface area contributed by atoms with Gasteiger partial charge < -0.3 is 9.63 Å². The van der Waals surface area contributed by atoms with Crippen LogP contribution in [0.2, 0.25) is 0 Å². The number of aliphatic hydroxyl groups excluding tert-OH is 1. The number of aliphatic hydroxyl groups is 1. The Bertz CT molecular complexity index is 299. The first kappa shape index (κ1) is 13.1. The normalized spacial score (nSPS) is 13.3. The number of aromatic nitrogens is 2. The first-order chi connectivity index (χ1) is 7.61. The molecule has 1 N–H and O–H groups in total. The van der Waals surface area contributed by atoms with Gasteiger partial charge in [0.1, 0.15) is 0 Å². The highest BCUT2D eigenvalue weighted by atomic mass is 16.5. The van der Waals surface area contributed by atoms with E-state index in [1.807, 2.05) is 11.9 Å². The zero-order valence-corrected chi connectivity index (χ0v) is 10.3. The van der Waals surface area contributed by atoms with Crippen molar-refractivity contribution in [3.63, 3.8) is 0 Å². The minimum Gasteiger partial charge on any atom is -0.392 e. The van der Waals surface area contributed by atoms with Gasteiger partial charge in [-0.1, -0.05) is 18.5 Å². The average Bonchev–Trinajstić information content (AvgIpc) is 2.61. The molecule has 5 heteroatoms. The van der Waals surface area contributed by atoms with Crippen molar-refractivity contribution < 1.29 is 9.63 Å². The summed E-state index contributed by atoms with van der Waals surface area (Å²) in [6.07, 6.45) is 2.75. The zero-order chi connectivity index (χ0) is 12.0. The number of aryl methyl sites for hydroxylation is 1. The third-order valence-electron chi connectivity index (χ3n) is 2.25. The molecule has 1 aromatic rings. The van der Waals surface area contributed by atoms with Crippen molar-refractivity contribution in [1.82, 2.24) is 15.0 Å². The highest BCUT2D eigenvalue weighted by Crippen LogP contribution is 2.04. The molecule has 0 spiro atoms. The number of nitrogens with zero attached hydrogens (tertiary/aromatic N) is 3. The standard InChI is InChI=1S/C11H21N3O2/c1-4-5-6-10-12-11(16-13-10)8-14(3)7-9(2)15/h9,15H,4-8H2,1-3H3. The molecule has 1 rings (SSSR count). The maximum Gasteiger partial charge on any atom is 0.240 e. The van der Waals surface area contributed by atoms with Gasteiger partial charge in [0.15, 0.2) is 5.82 Å². The minimum absolute atomic E-state index is 0.340. The van der Waals surface area contributed by atoms with E-state index in [0.717, 1.165) is 25.1 Å². The second-order valence-corrected chi connectivity index (χ2v) is 4.25. The van der Waals surface area contributed by atoms with Crippen LogP contribution in [0.15, 0.2) is 4.52 Å². The van der Waals surface area contributed by atoms with Crippen LogP contribution in [0.5, 0.6) is 0 Å². The molecule has 0 fully saturated rings. The van der Waals surface area contributed by atoms with Crippen LogP contribution in [0, 0.1) is 0 Å². The largest absolute Gasteiger partial charge is 0.392 e. The summed E-state index contributed by atoms with van der Waals surface area (Å²) in [5, 5.41) is 13.1. The number of unbranched alkanes of at least 4 members (excludes halogenated alkanes) is 1. The quantitative estimate of drug-likeness (QED) is 0.759. The highest BCUT2D eigenvalue weighted by molar-refractivity contribution is 4.86. The molecule has 0 aromatic carbocycles. The van der Waals surface area contributed by atoms with Crippen molar-refractivity contribution in [2.75, 3.05) is 13.6 Å². The van der Waals surface area contributed by atoms with Crippen LogP contribution >= 0.6 is 0 Å². The first-order valence-corrected chi connectivity index (χ1v) is 5.80. The summed E-state index contributed by atoms with van der Waals surface area (Å²) in [4.78, 5) is 6.25. The summed E-state index contributed by atoms with van der Waals surface area (Å²) < 4.78 is 5.13. The second kappa shape index (κ2) is 6.60. The van der Waals surface area contributed by atoms with E-state index in [1.165, 1.54) is 0 Å². The highest BCUT2D eigenvalue weighted by Gasteiger charge is 2.10. The molecule has 0 amide bonds. The Balaban J connectivity index is 2.39. The van der Waals surface area contributed by atoms with Gasteiger partial charge in [-0.3, -0.25) is 4.90 Å². The molecule has 0 bridgehead atoms. The van der Waals surface area contributed by atoms with Crippen molar-refractivity contribution in [2.45, 2.75) is 45.8 Å². The molecule has 92 valence electrons. The van der Waals surface area contributed by atoms with Gasteiger partial charge in [0, 0.05) is 13.0 Å². The molecule has 0 aliphatic carbocycles. The van der Waals surface area contributed by atoms with Gasteiger partial charge in [0.25, 0.3) is 0 Å². The van der Waals surface area contributed by atoms with Crippen molar-refractivity contribution in [3.05, 3.63) is 11.7 Å². The molecule has 1 atom stereocenters. The van der Waals surface area contributed by atoms with E-state index in [2.05, 4.69) is 17.1 Å². The van der Waals surface area contributed by atoms with E-state index in [4.69, 9.17) is 4.52 Å². The monoisotopic (exact) mass is 227 g/mol. The lowest BCUT2D eigenvalue weighted by atomic mass is 10.2. The molecule has 16 heavy (non-hydrogen) atoms. The Labute approximate surface area is 96.5 Å². The van der Waals surface area contributed by atoms with E-state index in [9.17, 15) is 5.11 Å². The molecule has 0 saturated carbocycles. The number of hydrogen-bond acceptors (Lipinski definition) is 5. The van der Waals surface area contributed by atoms with Crippen molar-refractivity contribution in [3.8, 4) is 0 Å². The number of hydrogen-bond donors (Lipinski definition) is 1. The fraction of sp³-hybridized carbons (Fsp3) is 0.818. The molecular weight excluding hydrogens is 206 g/mol. The fourth-order valence-electron chi connectivity index (χ4n) is 1.54. The Morgan fingerprint density at radius 3 is 2.88 bits per heavy atom. The third-order valence-corrected chi connectivity index (χ3v) is 2.25. The average molecular weight is 227 g/mol. The third kappa shape index (κ3) is 4.72. The van der Waals surface area contributed by atoms with Crippen molar-refractivity contribution in [1.29, 1.82) is 0 Å². The SMILES string of the molecule is CCCCc1noc(CN(C)CC(C)O)n1. The summed E-state index contributed by atoms with van der Waals surface area (Å²) in [6.45, 7) is 5.09. The summed E-state index contributed by atoms with van der Waals surface area (Å²) in [7, 11) is 1.92. The summed E-state index contributed by atoms with van der Waals surface area (Å²) in [5.74, 6) is 1.40. The molecule has 0 saturated heterocycles. The van der Waals surface area contributed by atoms with Crippen LogP contribution in [-0.4, -0.2) is 39.8 Å². The predicted octanol–water partition coefficient (Wildman–Crippen LogP) is 1.22. The Kier molecular flexibility index (Phi) is 5.42. The van der Waals surface area contributed by atoms with Crippen LogP contribution in [0.25, 0.3) is 0 Å². The molecule has 5 nitrogen and oxygen atoms in total. The molecule has 0 aliphatic heterocycles. The lowest BCUT2D eigenvalue weighted by molar-refractivity contribution is 0.131. The lowest BCUT2D eigenvalue weighted by Crippen LogP contribution is -2.26. The van der Waals surface area contributed by atoms with Gasteiger partial charge in [0.05, 0.1) is 12.6 Å². The molecule has 0 radical (unpaired) electrons. The summed E-state index contributed by atoms with van der Waals surface area (Å²) in [5.41, 5.74) is 0. The Hall–Kier alpha value is -0.940. The van der Waals surface area contributed by atoms with Gasteiger partial charge in [-0.15, -0.1) is 0 Å². The maximum atomic E-state index is 9.21. The topological polar surface area (TPSA) is 62.4 Å². The van der Waals surface area contributed by atoms with Gasteiger partial charge in [-0.2, -0.15) is 4.98 Å². The van der Waals surface area contributed by atoms with Crippen molar-refractivity contribution in [2.24, 2.45) is 0 Å². The van der Waals surface area contributed by atoms with Gasteiger partial charge in [-0.05, 0) is 20.4 Å². The smallest absolute Gasteiger partial charge is 0.240 e. The van der Waals surface area contributed by atoms with Crippen LogP contribution in [0.3, 0.4) is 0 Å². The second-order valence-electron chi connectivity index (χ2n) is 4.25. The van der Waals surface area contributed by atoms with E-state index in [-0.39, 0.29) is 6.10 Å². The van der Waals surface area contributed by atoms with E-state index < -0.39 is 0 Å². The Morgan fingerprint density at radius 2 is 2.25 bits per heavy atom. The lowest BCUT2D eigenvalue weighted by Gasteiger charge is -2.15. The molecule has 0 aliphatic rings.